The fourth-order valence-corrected chi connectivity index (χ4v) is 5.34. The molecule has 0 N–H and O–H groups in total. The van der Waals surface area contributed by atoms with E-state index in [4.69, 9.17) is 0 Å². The number of ketones is 1. The standard InChI is InChI=1S/C23H28N4OS/c1-14(29-22-25-24-21(15-9-10-15)27(22)16-11-12-16)19(28)13-20-23(2,3)17-7-5-6-8-18(17)26(20)4/h5-8,13-16H,9-12H2,1-4H3/b20-13-. The largest absolute Gasteiger partial charge is 0.347 e. The predicted octanol–water partition coefficient (Wildman–Crippen LogP) is 4.85. The predicted molar refractivity (Wildman–Crippen MR) is 117 cm³/mol. The molecule has 0 saturated heterocycles. The maximum atomic E-state index is 13.2. The summed E-state index contributed by atoms with van der Waals surface area (Å²) in [4.78, 5) is 15.3. The highest BCUT2D eigenvalue weighted by Crippen LogP contribution is 2.48. The van der Waals surface area contributed by atoms with Gasteiger partial charge in [-0.15, -0.1) is 10.2 Å². The zero-order valence-corrected chi connectivity index (χ0v) is 18.4. The number of carbonyl (C=O) groups is 1. The SMILES string of the molecule is CC(Sc1nnc(C2CC2)n1C1CC1)C(=O)/C=C1\N(C)c2ccccc2C1(C)C. The molecule has 1 atom stereocenters. The number of allylic oxidation sites excluding steroid dienone is 2. The summed E-state index contributed by atoms with van der Waals surface area (Å²) >= 11 is 1.56. The number of thioether (sulfide) groups is 1. The number of hydrogen-bond acceptors (Lipinski definition) is 5. The van der Waals surface area contributed by atoms with Crippen LogP contribution in [0.5, 0.6) is 0 Å². The van der Waals surface area contributed by atoms with Gasteiger partial charge in [-0.25, -0.2) is 0 Å². The fraction of sp³-hybridized carbons (Fsp3) is 0.522. The van der Waals surface area contributed by atoms with Crippen LogP contribution < -0.4 is 4.90 Å². The lowest BCUT2D eigenvalue weighted by Crippen LogP contribution is -2.25. The van der Waals surface area contributed by atoms with Crippen LogP contribution in [0.4, 0.5) is 5.69 Å². The first-order chi connectivity index (χ1) is 13.9. The van der Waals surface area contributed by atoms with Crippen LogP contribution in [-0.2, 0) is 10.2 Å². The van der Waals surface area contributed by atoms with Gasteiger partial charge in [0.2, 0.25) is 0 Å². The molecule has 2 fully saturated rings. The van der Waals surface area contributed by atoms with Crippen molar-refractivity contribution < 1.29 is 4.79 Å². The van der Waals surface area contributed by atoms with Crippen molar-refractivity contribution in [3.63, 3.8) is 0 Å². The van der Waals surface area contributed by atoms with Crippen LogP contribution in [0.1, 0.15) is 69.8 Å². The second-order valence-corrected chi connectivity index (χ2v) is 10.4. The van der Waals surface area contributed by atoms with Gasteiger partial charge < -0.3 is 9.47 Å². The molecule has 0 bridgehead atoms. The Hall–Kier alpha value is -2.08. The zero-order chi connectivity index (χ0) is 20.3. The van der Waals surface area contributed by atoms with Crippen molar-refractivity contribution in [2.75, 3.05) is 11.9 Å². The van der Waals surface area contributed by atoms with Crippen LogP contribution in [-0.4, -0.2) is 32.8 Å². The Balaban J connectivity index is 1.38. The molecule has 5 nitrogen and oxygen atoms in total. The average Bonchev–Trinajstić information content (AvgIpc) is 3.63. The molecule has 2 saturated carbocycles. The van der Waals surface area contributed by atoms with Gasteiger partial charge in [0.25, 0.3) is 0 Å². The molecule has 152 valence electrons. The number of hydrogen-bond donors (Lipinski definition) is 0. The first-order valence-corrected chi connectivity index (χ1v) is 11.5. The molecule has 3 aliphatic rings. The summed E-state index contributed by atoms with van der Waals surface area (Å²) in [6, 6.07) is 8.94. The Kier molecular flexibility index (Phi) is 4.39. The number of carbonyl (C=O) groups excluding carboxylic acids is 1. The fourth-order valence-electron chi connectivity index (χ4n) is 4.39. The second kappa shape index (κ2) is 6.73. The first-order valence-electron chi connectivity index (χ1n) is 10.6. The highest BCUT2D eigenvalue weighted by Gasteiger charge is 2.40. The molecule has 2 aromatic rings. The molecule has 2 aliphatic carbocycles. The summed E-state index contributed by atoms with van der Waals surface area (Å²) < 4.78 is 2.32. The highest BCUT2D eigenvalue weighted by molar-refractivity contribution is 8.00. The van der Waals surface area contributed by atoms with Gasteiger partial charge in [0.15, 0.2) is 10.9 Å². The molecule has 0 spiro atoms. The van der Waals surface area contributed by atoms with E-state index in [2.05, 4.69) is 64.8 Å². The van der Waals surface area contributed by atoms with Gasteiger partial charge >= 0.3 is 0 Å². The summed E-state index contributed by atoms with van der Waals surface area (Å²) in [5.41, 5.74) is 3.32. The minimum atomic E-state index is -0.191. The van der Waals surface area contributed by atoms with Crippen molar-refractivity contribution in [3.05, 3.63) is 47.4 Å². The van der Waals surface area contributed by atoms with Crippen molar-refractivity contribution in [3.8, 4) is 0 Å². The molecule has 2 heterocycles. The number of para-hydroxylation sites is 1. The number of fused-ring (bicyclic) bond motifs is 1. The molecule has 6 heteroatoms. The number of likely N-dealkylation sites (N-methyl/N-ethyl adjacent to an activating group) is 1. The summed E-state index contributed by atoms with van der Waals surface area (Å²) in [7, 11) is 2.05. The van der Waals surface area contributed by atoms with E-state index in [9.17, 15) is 4.79 Å². The summed E-state index contributed by atoms with van der Waals surface area (Å²) in [5.74, 6) is 1.85. The molecule has 1 aliphatic heterocycles. The maximum absolute atomic E-state index is 13.2. The monoisotopic (exact) mass is 408 g/mol. The Labute approximate surface area is 176 Å². The first kappa shape index (κ1) is 18.9. The van der Waals surface area contributed by atoms with Crippen molar-refractivity contribution in [1.29, 1.82) is 0 Å². The molecule has 29 heavy (non-hydrogen) atoms. The Bertz CT molecular complexity index is 1000. The third-order valence-corrected chi connectivity index (χ3v) is 7.52. The van der Waals surface area contributed by atoms with Gasteiger partial charge in [-0.3, -0.25) is 4.79 Å². The normalized spacial score (nSPS) is 22.8. The third-order valence-electron chi connectivity index (χ3n) is 6.45. The number of nitrogens with zero attached hydrogens (tertiary/aromatic N) is 4. The van der Waals surface area contributed by atoms with Crippen LogP contribution in [0.15, 0.2) is 41.2 Å². The van der Waals surface area contributed by atoms with Crippen molar-refractivity contribution in [2.45, 2.75) is 74.2 Å². The Morgan fingerprint density at radius 2 is 1.93 bits per heavy atom. The van der Waals surface area contributed by atoms with E-state index < -0.39 is 0 Å². The Morgan fingerprint density at radius 1 is 1.21 bits per heavy atom. The van der Waals surface area contributed by atoms with Crippen molar-refractivity contribution in [1.82, 2.24) is 14.8 Å². The zero-order valence-electron chi connectivity index (χ0n) is 17.6. The highest BCUT2D eigenvalue weighted by atomic mass is 32.2. The molecular weight excluding hydrogens is 380 g/mol. The van der Waals surface area contributed by atoms with Gasteiger partial charge in [0.1, 0.15) is 5.82 Å². The smallest absolute Gasteiger partial charge is 0.192 e. The summed E-state index contributed by atoms with van der Waals surface area (Å²) in [6.45, 7) is 6.37. The summed E-state index contributed by atoms with van der Waals surface area (Å²) in [5, 5.41) is 9.66. The van der Waals surface area contributed by atoms with E-state index in [1.54, 1.807) is 11.8 Å². The lowest BCUT2D eigenvalue weighted by molar-refractivity contribution is -0.114. The number of rotatable bonds is 6. The number of benzene rings is 1. The molecule has 1 aromatic heterocycles. The van der Waals surface area contributed by atoms with E-state index in [-0.39, 0.29) is 16.4 Å². The molecule has 5 rings (SSSR count). The number of anilines is 1. The topological polar surface area (TPSA) is 51.0 Å². The molecule has 0 amide bonds. The van der Waals surface area contributed by atoms with E-state index >= 15 is 0 Å². The van der Waals surface area contributed by atoms with Crippen molar-refractivity contribution in [2.24, 2.45) is 0 Å². The minimum Gasteiger partial charge on any atom is -0.347 e. The third kappa shape index (κ3) is 3.21. The van der Waals surface area contributed by atoms with Gasteiger partial charge in [-0.1, -0.05) is 43.8 Å². The van der Waals surface area contributed by atoms with Crippen molar-refractivity contribution >= 4 is 23.2 Å². The lowest BCUT2D eigenvalue weighted by atomic mass is 9.83. The molecule has 0 radical (unpaired) electrons. The van der Waals surface area contributed by atoms with E-state index in [1.165, 1.54) is 36.9 Å². The van der Waals surface area contributed by atoms with Crippen LogP contribution in [0, 0.1) is 0 Å². The Morgan fingerprint density at radius 3 is 2.59 bits per heavy atom. The molecule has 1 aromatic carbocycles. The van der Waals surface area contributed by atoms with Crippen LogP contribution in [0.2, 0.25) is 0 Å². The van der Waals surface area contributed by atoms with Gasteiger partial charge in [0.05, 0.1) is 5.25 Å². The van der Waals surface area contributed by atoms with Gasteiger partial charge in [0, 0.05) is 41.9 Å². The second-order valence-electron chi connectivity index (χ2n) is 9.11. The van der Waals surface area contributed by atoms with Crippen LogP contribution >= 0.6 is 11.8 Å². The minimum absolute atomic E-state index is 0.135. The maximum Gasteiger partial charge on any atom is 0.192 e. The van der Waals surface area contributed by atoms with Gasteiger partial charge in [-0.2, -0.15) is 0 Å². The van der Waals surface area contributed by atoms with Crippen LogP contribution in [0.3, 0.4) is 0 Å². The molecule has 1 unspecified atom stereocenters. The summed E-state index contributed by atoms with van der Waals surface area (Å²) in [6.07, 6.45) is 6.69. The quantitative estimate of drug-likeness (QED) is 0.505. The number of aromatic nitrogens is 3. The van der Waals surface area contributed by atoms with E-state index in [0.29, 0.717) is 12.0 Å². The van der Waals surface area contributed by atoms with E-state index in [1.807, 2.05) is 13.0 Å². The van der Waals surface area contributed by atoms with Gasteiger partial charge in [-0.05, 0) is 44.2 Å². The van der Waals surface area contributed by atoms with E-state index in [0.717, 1.165) is 16.7 Å². The lowest BCUT2D eigenvalue weighted by Gasteiger charge is -2.24. The average molecular weight is 409 g/mol. The molecular formula is C23H28N4OS. The van der Waals surface area contributed by atoms with Crippen LogP contribution in [0.25, 0.3) is 0 Å².